The van der Waals surface area contributed by atoms with Crippen molar-refractivity contribution in [1.29, 1.82) is 0 Å². The second-order valence-electron chi connectivity index (χ2n) is 6.71. The van der Waals surface area contributed by atoms with Crippen molar-refractivity contribution in [2.75, 3.05) is 11.9 Å². The van der Waals surface area contributed by atoms with Gasteiger partial charge in [0, 0.05) is 13.1 Å². The number of hydrogen-bond donors (Lipinski definition) is 2. The van der Waals surface area contributed by atoms with Crippen LogP contribution in [0.15, 0.2) is 23.6 Å². The summed E-state index contributed by atoms with van der Waals surface area (Å²) < 4.78 is 3.71. The molecule has 3 rings (SSSR count). The third kappa shape index (κ3) is 3.44. The molecular formula is C15H22N8O. The molecule has 0 aromatic carbocycles. The van der Waals surface area contributed by atoms with Crippen LogP contribution in [0.1, 0.15) is 33.6 Å². The first-order valence-electron chi connectivity index (χ1n) is 8.00. The fourth-order valence-electron chi connectivity index (χ4n) is 2.46. The second kappa shape index (κ2) is 6.42. The average Bonchev–Trinajstić information content (AvgIpc) is 3.15. The molecule has 24 heavy (non-hydrogen) atoms. The maximum absolute atomic E-state index is 12.2. The van der Waals surface area contributed by atoms with Gasteiger partial charge in [0.1, 0.15) is 18.0 Å². The van der Waals surface area contributed by atoms with Crippen LogP contribution in [0.3, 0.4) is 0 Å². The predicted molar refractivity (Wildman–Crippen MR) is 90.9 cm³/mol. The van der Waals surface area contributed by atoms with Crippen LogP contribution in [0.4, 0.5) is 5.95 Å². The highest BCUT2D eigenvalue weighted by Crippen LogP contribution is 2.18. The van der Waals surface area contributed by atoms with Crippen molar-refractivity contribution >= 4 is 17.0 Å². The van der Waals surface area contributed by atoms with E-state index < -0.39 is 0 Å². The lowest BCUT2D eigenvalue weighted by Crippen LogP contribution is -2.24. The minimum atomic E-state index is -0.237. The van der Waals surface area contributed by atoms with Crippen molar-refractivity contribution in [2.45, 2.75) is 45.7 Å². The summed E-state index contributed by atoms with van der Waals surface area (Å²) in [5.41, 5.74) is 0.180. The Morgan fingerprint density at radius 2 is 1.96 bits per heavy atom. The molecule has 0 saturated heterocycles. The molecule has 128 valence electrons. The van der Waals surface area contributed by atoms with Gasteiger partial charge in [0.05, 0.1) is 11.7 Å². The molecular weight excluding hydrogens is 308 g/mol. The maximum Gasteiger partial charge on any atom is 0.263 e. The van der Waals surface area contributed by atoms with E-state index in [2.05, 4.69) is 30.6 Å². The molecule has 0 saturated carbocycles. The van der Waals surface area contributed by atoms with Gasteiger partial charge in [-0.25, -0.2) is 4.68 Å². The van der Waals surface area contributed by atoms with Crippen LogP contribution >= 0.6 is 0 Å². The summed E-state index contributed by atoms with van der Waals surface area (Å²) in [6, 6.07) is 0. The van der Waals surface area contributed by atoms with Gasteiger partial charge in [-0.15, -0.1) is 10.2 Å². The summed E-state index contributed by atoms with van der Waals surface area (Å²) in [5, 5.41) is 15.5. The molecule has 9 nitrogen and oxygen atoms in total. The highest BCUT2D eigenvalue weighted by atomic mass is 16.1. The van der Waals surface area contributed by atoms with Gasteiger partial charge in [0.2, 0.25) is 5.95 Å². The molecule has 2 N–H and O–H groups in total. The number of fused-ring (bicyclic) bond motifs is 1. The zero-order valence-electron chi connectivity index (χ0n) is 14.2. The molecule has 3 heterocycles. The normalized spacial score (nSPS) is 12.0. The molecule has 0 atom stereocenters. The van der Waals surface area contributed by atoms with Crippen LogP contribution in [0, 0.1) is 0 Å². The Balaban J connectivity index is 1.65. The van der Waals surface area contributed by atoms with Crippen LogP contribution in [-0.4, -0.2) is 41.1 Å². The summed E-state index contributed by atoms with van der Waals surface area (Å²) in [6.45, 7) is 7.68. The smallest absolute Gasteiger partial charge is 0.263 e. The Kier molecular flexibility index (Phi) is 4.32. The number of aryl methyl sites for hydroxylation is 1. The lowest BCUT2D eigenvalue weighted by atomic mass is 10.1. The summed E-state index contributed by atoms with van der Waals surface area (Å²) in [7, 11) is 0. The van der Waals surface area contributed by atoms with Gasteiger partial charge in [-0.3, -0.25) is 9.78 Å². The number of rotatable bonds is 6. The topological polar surface area (TPSA) is 106 Å². The zero-order valence-corrected chi connectivity index (χ0v) is 14.2. The fraction of sp³-hybridized carbons (Fsp3) is 0.533. The first kappa shape index (κ1) is 16.2. The Bertz CT molecular complexity index is 856. The van der Waals surface area contributed by atoms with Crippen LogP contribution in [-0.2, 0) is 12.1 Å². The summed E-state index contributed by atoms with van der Waals surface area (Å²) in [5.74, 6) is 0.475. The standard InChI is InChI=1S/C15H22N8O/c1-15(2,3)23-12-11(8-19-23)13(24)21-14(20-12)16-6-4-5-7-22-9-17-18-10-22/h8-10H,4-7H2,1-3H3,(H2,16,20,21,24). The molecule has 0 spiro atoms. The van der Waals surface area contributed by atoms with Gasteiger partial charge in [0.15, 0.2) is 5.65 Å². The first-order chi connectivity index (χ1) is 11.4. The van der Waals surface area contributed by atoms with E-state index in [0.717, 1.165) is 25.9 Å². The van der Waals surface area contributed by atoms with Crippen molar-refractivity contribution in [3.05, 3.63) is 29.2 Å². The molecule has 0 fully saturated rings. The molecule has 0 aliphatic rings. The quantitative estimate of drug-likeness (QED) is 0.661. The number of unbranched alkanes of at least 4 members (excludes halogenated alkanes) is 1. The van der Waals surface area contributed by atoms with E-state index >= 15 is 0 Å². The lowest BCUT2D eigenvalue weighted by Gasteiger charge is -2.19. The number of anilines is 1. The van der Waals surface area contributed by atoms with E-state index in [1.165, 1.54) is 0 Å². The number of nitrogens with zero attached hydrogens (tertiary/aromatic N) is 6. The van der Waals surface area contributed by atoms with Gasteiger partial charge in [-0.1, -0.05) is 0 Å². The Hall–Kier alpha value is -2.71. The van der Waals surface area contributed by atoms with Gasteiger partial charge in [-0.2, -0.15) is 10.1 Å². The molecule has 3 aromatic rings. The number of nitrogens with one attached hydrogen (secondary N) is 2. The van der Waals surface area contributed by atoms with E-state index in [9.17, 15) is 4.79 Å². The molecule has 0 aliphatic heterocycles. The number of aromatic nitrogens is 7. The number of aromatic amines is 1. The fourth-order valence-corrected chi connectivity index (χ4v) is 2.46. The van der Waals surface area contributed by atoms with Crippen molar-refractivity contribution in [2.24, 2.45) is 0 Å². The van der Waals surface area contributed by atoms with E-state index in [1.54, 1.807) is 23.5 Å². The van der Waals surface area contributed by atoms with E-state index in [0.29, 0.717) is 17.0 Å². The Labute approximate surface area is 139 Å². The zero-order chi connectivity index (χ0) is 17.2. The maximum atomic E-state index is 12.2. The van der Waals surface area contributed by atoms with E-state index in [1.807, 2.05) is 25.3 Å². The summed E-state index contributed by atoms with van der Waals surface area (Å²) in [4.78, 5) is 19.5. The predicted octanol–water partition coefficient (Wildman–Crippen LogP) is 1.36. The van der Waals surface area contributed by atoms with Crippen LogP contribution in [0.5, 0.6) is 0 Å². The molecule has 9 heteroatoms. The number of hydrogen-bond acceptors (Lipinski definition) is 6. The Morgan fingerprint density at radius 3 is 2.67 bits per heavy atom. The third-order valence-corrected chi connectivity index (χ3v) is 3.68. The van der Waals surface area contributed by atoms with E-state index in [4.69, 9.17) is 0 Å². The molecule has 0 bridgehead atoms. The average molecular weight is 330 g/mol. The van der Waals surface area contributed by atoms with E-state index in [-0.39, 0.29) is 11.1 Å². The van der Waals surface area contributed by atoms with Gasteiger partial charge in [-0.05, 0) is 33.6 Å². The minimum absolute atomic E-state index is 0.178. The third-order valence-electron chi connectivity index (χ3n) is 3.68. The molecule has 0 aliphatic carbocycles. The Morgan fingerprint density at radius 1 is 1.21 bits per heavy atom. The highest BCUT2D eigenvalue weighted by Gasteiger charge is 2.19. The van der Waals surface area contributed by atoms with Gasteiger partial charge < -0.3 is 9.88 Å². The van der Waals surface area contributed by atoms with Gasteiger partial charge >= 0.3 is 0 Å². The van der Waals surface area contributed by atoms with Crippen LogP contribution in [0.2, 0.25) is 0 Å². The van der Waals surface area contributed by atoms with Crippen molar-refractivity contribution in [1.82, 2.24) is 34.5 Å². The molecule has 0 unspecified atom stereocenters. The highest BCUT2D eigenvalue weighted by molar-refractivity contribution is 5.74. The monoisotopic (exact) mass is 330 g/mol. The van der Waals surface area contributed by atoms with Crippen molar-refractivity contribution in [3.8, 4) is 0 Å². The van der Waals surface area contributed by atoms with Crippen LogP contribution in [0.25, 0.3) is 11.0 Å². The first-order valence-corrected chi connectivity index (χ1v) is 8.00. The molecule has 0 radical (unpaired) electrons. The van der Waals surface area contributed by atoms with Gasteiger partial charge in [0.25, 0.3) is 5.56 Å². The summed E-state index contributed by atoms with van der Waals surface area (Å²) in [6.07, 6.45) is 6.90. The molecule has 3 aromatic heterocycles. The van der Waals surface area contributed by atoms with Crippen molar-refractivity contribution in [3.63, 3.8) is 0 Å². The second-order valence-corrected chi connectivity index (χ2v) is 6.71. The largest absolute Gasteiger partial charge is 0.356 e. The minimum Gasteiger partial charge on any atom is -0.356 e. The lowest BCUT2D eigenvalue weighted by molar-refractivity contribution is 0.366. The number of H-pyrrole nitrogens is 1. The summed E-state index contributed by atoms with van der Waals surface area (Å²) >= 11 is 0. The van der Waals surface area contributed by atoms with Crippen molar-refractivity contribution < 1.29 is 0 Å². The SMILES string of the molecule is CC(C)(C)n1ncc2c(=O)[nH]c(NCCCCn3cnnc3)nc21. The van der Waals surface area contributed by atoms with Crippen LogP contribution < -0.4 is 10.9 Å². The molecule has 0 amide bonds.